The van der Waals surface area contributed by atoms with Gasteiger partial charge in [0.05, 0.1) is 36.0 Å². The molecule has 0 bridgehead atoms. The lowest BCUT2D eigenvalue weighted by Crippen LogP contribution is -2.05. The van der Waals surface area contributed by atoms with E-state index in [1.807, 2.05) is 24.3 Å². The third-order valence-corrected chi connectivity index (χ3v) is 3.66. The van der Waals surface area contributed by atoms with E-state index in [1.165, 1.54) is 0 Å². The molecule has 0 saturated heterocycles. The van der Waals surface area contributed by atoms with E-state index in [-0.39, 0.29) is 5.95 Å². The van der Waals surface area contributed by atoms with Crippen LogP contribution >= 0.6 is 0 Å². The van der Waals surface area contributed by atoms with Gasteiger partial charge in [0.15, 0.2) is 11.4 Å². The predicted octanol–water partition coefficient (Wildman–Crippen LogP) is 2.59. The molecule has 0 atom stereocenters. The first-order chi connectivity index (χ1) is 11.7. The van der Waals surface area contributed by atoms with Gasteiger partial charge in [-0.25, -0.2) is 9.67 Å². The van der Waals surface area contributed by atoms with Crippen LogP contribution in [0.25, 0.3) is 22.5 Å². The Kier molecular flexibility index (Phi) is 3.21. The maximum atomic E-state index is 9.02. The lowest BCUT2D eigenvalue weighted by Gasteiger charge is -2.05. The first kappa shape index (κ1) is 14.0. The number of hydrogen-bond acceptors (Lipinski definition) is 6. The van der Waals surface area contributed by atoms with Crippen LogP contribution < -0.4 is 5.73 Å². The Morgan fingerprint density at radius 3 is 2.92 bits per heavy atom. The van der Waals surface area contributed by atoms with E-state index in [1.54, 1.807) is 29.3 Å². The highest BCUT2D eigenvalue weighted by Crippen LogP contribution is 2.27. The van der Waals surface area contributed by atoms with Gasteiger partial charge in [0, 0.05) is 0 Å². The highest BCUT2D eigenvalue weighted by molar-refractivity contribution is 5.89. The molecule has 0 spiro atoms. The van der Waals surface area contributed by atoms with E-state index >= 15 is 0 Å². The molecule has 0 fully saturated rings. The lowest BCUT2D eigenvalue weighted by molar-refractivity contribution is 0.580. The van der Waals surface area contributed by atoms with Crippen molar-refractivity contribution in [2.75, 3.05) is 5.73 Å². The Bertz CT molecular complexity index is 1060. The summed E-state index contributed by atoms with van der Waals surface area (Å²) in [5, 5.41) is 14.2. The molecule has 0 aliphatic heterocycles. The van der Waals surface area contributed by atoms with Crippen LogP contribution in [0.4, 0.5) is 5.95 Å². The first-order valence-electron chi connectivity index (χ1n) is 7.26. The van der Waals surface area contributed by atoms with Gasteiger partial charge in [-0.1, -0.05) is 12.1 Å². The van der Waals surface area contributed by atoms with Crippen LogP contribution in [0.15, 0.2) is 53.3 Å². The fourth-order valence-corrected chi connectivity index (χ4v) is 2.60. The second-order valence-corrected chi connectivity index (χ2v) is 5.26. The van der Waals surface area contributed by atoms with Crippen molar-refractivity contribution in [2.45, 2.75) is 6.54 Å². The predicted molar refractivity (Wildman–Crippen MR) is 87.7 cm³/mol. The summed E-state index contributed by atoms with van der Waals surface area (Å²) in [5.41, 5.74) is 8.64. The standard InChI is InChI=1S/C17H12N6O/c18-8-11-3-1-4-12(7-11)10-23-16-13(9-20-23)15(21-17(19)22-16)14-5-2-6-24-14/h1-7,9H,10H2,(H2,19,21,22). The highest BCUT2D eigenvalue weighted by Gasteiger charge is 2.15. The zero-order chi connectivity index (χ0) is 16.5. The fraction of sp³-hybridized carbons (Fsp3) is 0.0588. The quantitative estimate of drug-likeness (QED) is 0.622. The Morgan fingerprint density at radius 1 is 1.21 bits per heavy atom. The molecule has 2 N–H and O–H groups in total. The number of nitrogen functional groups attached to an aromatic ring is 1. The molecule has 0 radical (unpaired) electrons. The minimum absolute atomic E-state index is 0.154. The van der Waals surface area contributed by atoms with Crippen LogP contribution in [0.5, 0.6) is 0 Å². The van der Waals surface area contributed by atoms with Crippen molar-refractivity contribution in [3.05, 3.63) is 60.0 Å². The van der Waals surface area contributed by atoms with E-state index in [0.29, 0.717) is 29.2 Å². The molecule has 0 amide bonds. The zero-order valence-electron chi connectivity index (χ0n) is 12.5. The van der Waals surface area contributed by atoms with Gasteiger partial charge in [-0.3, -0.25) is 0 Å². The van der Waals surface area contributed by atoms with Crippen LogP contribution in [0.1, 0.15) is 11.1 Å². The van der Waals surface area contributed by atoms with Crippen molar-refractivity contribution in [3.63, 3.8) is 0 Å². The smallest absolute Gasteiger partial charge is 0.222 e. The molecule has 1 aromatic carbocycles. The zero-order valence-corrected chi connectivity index (χ0v) is 12.5. The van der Waals surface area contributed by atoms with Crippen molar-refractivity contribution >= 4 is 17.0 Å². The number of fused-ring (bicyclic) bond motifs is 1. The second kappa shape index (κ2) is 5.52. The Morgan fingerprint density at radius 2 is 2.12 bits per heavy atom. The maximum absolute atomic E-state index is 9.02. The van der Waals surface area contributed by atoms with E-state index in [9.17, 15) is 0 Å². The maximum Gasteiger partial charge on any atom is 0.222 e. The molecule has 116 valence electrons. The molecule has 3 heterocycles. The summed E-state index contributed by atoms with van der Waals surface area (Å²) in [4.78, 5) is 8.57. The first-order valence-corrected chi connectivity index (χ1v) is 7.26. The molecule has 4 aromatic rings. The Hall–Kier alpha value is -3.66. The number of hydrogen-bond donors (Lipinski definition) is 1. The van der Waals surface area contributed by atoms with Crippen molar-refractivity contribution in [1.82, 2.24) is 19.7 Å². The lowest BCUT2D eigenvalue weighted by atomic mass is 10.1. The van der Waals surface area contributed by atoms with Gasteiger partial charge in [-0.05, 0) is 29.8 Å². The monoisotopic (exact) mass is 316 g/mol. The van der Waals surface area contributed by atoms with Crippen LogP contribution in [0, 0.1) is 11.3 Å². The molecule has 0 unspecified atom stereocenters. The molecule has 7 heteroatoms. The number of benzene rings is 1. The molecule has 4 rings (SSSR count). The molecule has 0 aliphatic rings. The van der Waals surface area contributed by atoms with Crippen LogP contribution in [0.2, 0.25) is 0 Å². The minimum Gasteiger partial charge on any atom is -0.463 e. The van der Waals surface area contributed by atoms with Gasteiger partial charge in [-0.15, -0.1) is 0 Å². The molecular weight excluding hydrogens is 304 g/mol. The van der Waals surface area contributed by atoms with E-state index in [2.05, 4.69) is 21.1 Å². The van der Waals surface area contributed by atoms with Crippen LogP contribution in [-0.4, -0.2) is 19.7 Å². The second-order valence-electron chi connectivity index (χ2n) is 5.26. The summed E-state index contributed by atoms with van der Waals surface area (Å²) in [6.45, 7) is 0.479. The van der Waals surface area contributed by atoms with Gasteiger partial charge in [0.25, 0.3) is 0 Å². The van der Waals surface area contributed by atoms with Crippen LogP contribution in [0.3, 0.4) is 0 Å². The number of rotatable bonds is 3. The summed E-state index contributed by atoms with van der Waals surface area (Å²) in [6, 6.07) is 13.1. The molecule has 7 nitrogen and oxygen atoms in total. The SMILES string of the molecule is N#Cc1cccc(Cn2ncc3c(-c4ccco4)nc(N)nc32)c1. The summed E-state index contributed by atoms with van der Waals surface area (Å²) in [6.07, 6.45) is 3.28. The summed E-state index contributed by atoms with van der Waals surface area (Å²) >= 11 is 0. The van der Waals surface area contributed by atoms with Gasteiger partial charge < -0.3 is 10.2 Å². The van der Waals surface area contributed by atoms with E-state index in [4.69, 9.17) is 15.4 Å². The summed E-state index contributed by atoms with van der Waals surface area (Å²) < 4.78 is 7.15. The number of nitrogens with zero attached hydrogens (tertiary/aromatic N) is 5. The van der Waals surface area contributed by atoms with Gasteiger partial charge in [-0.2, -0.15) is 15.3 Å². The minimum atomic E-state index is 0.154. The number of anilines is 1. The molecule has 24 heavy (non-hydrogen) atoms. The molecule has 3 aromatic heterocycles. The summed E-state index contributed by atoms with van der Waals surface area (Å²) in [5.74, 6) is 0.765. The Balaban J connectivity index is 1.82. The van der Waals surface area contributed by atoms with E-state index in [0.717, 1.165) is 10.9 Å². The van der Waals surface area contributed by atoms with Gasteiger partial charge in [0.2, 0.25) is 5.95 Å². The number of furan rings is 1. The molecular formula is C17H12N6O. The Labute approximate surface area is 137 Å². The average molecular weight is 316 g/mol. The number of nitrogens with two attached hydrogens (primary N) is 1. The third-order valence-electron chi connectivity index (χ3n) is 3.66. The van der Waals surface area contributed by atoms with E-state index < -0.39 is 0 Å². The van der Waals surface area contributed by atoms with Crippen molar-refractivity contribution in [3.8, 4) is 17.5 Å². The molecule has 0 aliphatic carbocycles. The molecule has 0 saturated carbocycles. The largest absolute Gasteiger partial charge is 0.463 e. The van der Waals surface area contributed by atoms with Crippen molar-refractivity contribution in [2.24, 2.45) is 0 Å². The number of aromatic nitrogens is 4. The normalized spacial score (nSPS) is 10.8. The topological polar surface area (TPSA) is 107 Å². The average Bonchev–Trinajstić information content (AvgIpc) is 3.25. The number of nitriles is 1. The fourth-order valence-electron chi connectivity index (χ4n) is 2.60. The third kappa shape index (κ3) is 2.36. The van der Waals surface area contributed by atoms with Gasteiger partial charge in [0.1, 0.15) is 5.69 Å². The van der Waals surface area contributed by atoms with Crippen molar-refractivity contribution in [1.29, 1.82) is 5.26 Å². The summed E-state index contributed by atoms with van der Waals surface area (Å²) in [7, 11) is 0. The van der Waals surface area contributed by atoms with Crippen molar-refractivity contribution < 1.29 is 4.42 Å². The van der Waals surface area contributed by atoms with Gasteiger partial charge >= 0.3 is 0 Å². The van der Waals surface area contributed by atoms with Crippen LogP contribution in [-0.2, 0) is 6.54 Å². The highest BCUT2D eigenvalue weighted by atomic mass is 16.3.